The van der Waals surface area contributed by atoms with Crippen molar-refractivity contribution in [3.8, 4) is 5.75 Å². The van der Waals surface area contributed by atoms with Crippen molar-refractivity contribution in [3.63, 3.8) is 0 Å². The molecule has 0 bridgehead atoms. The van der Waals surface area contributed by atoms with E-state index in [1.165, 1.54) is 11.0 Å². The number of Topliss-reactive ketones (excluding diaryl/α,β-unsaturated/α-hetero) is 2. The molecule has 218 valence electrons. The number of phenols is 1. The van der Waals surface area contributed by atoms with Crippen LogP contribution in [0.5, 0.6) is 5.75 Å². The molecule has 11 heteroatoms. The zero-order chi connectivity index (χ0) is 30.2. The standard InChI is InChI=1S/C29H38ClN3O7/c1-12(28(2,3)4)33(7)11-14-10-17(34)19-15(21(14)30)8-13-9-16-22(32(5)6)24(36)20(27(31)39)26(38)29(16,40)25(37)18(13)23(19)35/h10,12-13,16,22,34-35,38,40H,8-9,11H2,1-7H3,(H2,31,39)/t12-,13-,16-,22-,29-/m0/s1. The van der Waals surface area contributed by atoms with Crippen LogP contribution in [-0.4, -0.2) is 86.5 Å². The molecule has 0 aliphatic heterocycles. The van der Waals surface area contributed by atoms with Crippen LogP contribution >= 0.6 is 11.6 Å². The molecule has 3 aliphatic carbocycles. The summed E-state index contributed by atoms with van der Waals surface area (Å²) in [5.41, 5.74) is 2.72. The first-order chi connectivity index (χ1) is 18.3. The second kappa shape index (κ2) is 9.87. The van der Waals surface area contributed by atoms with Crippen molar-refractivity contribution in [2.75, 3.05) is 21.1 Å². The lowest BCUT2D eigenvalue weighted by Gasteiger charge is -2.50. The molecule has 6 N–H and O–H groups in total. The number of fused-ring (bicyclic) bond motifs is 3. The second-order valence-corrected chi connectivity index (χ2v) is 13.0. The Morgan fingerprint density at radius 3 is 2.33 bits per heavy atom. The third kappa shape index (κ3) is 4.32. The second-order valence-electron chi connectivity index (χ2n) is 12.6. The lowest BCUT2D eigenvalue weighted by molar-refractivity contribution is -0.153. The number of likely N-dealkylation sites (N-methyl/N-ethyl adjacent to an activating group) is 1. The molecule has 0 heterocycles. The molecule has 0 spiro atoms. The number of ketones is 2. The highest BCUT2D eigenvalue weighted by molar-refractivity contribution is 6.32. The topological polar surface area (TPSA) is 165 Å². The van der Waals surface area contributed by atoms with Gasteiger partial charge >= 0.3 is 0 Å². The van der Waals surface area contributed by atoms with Crippen LogP contribution in [0, 0.1) is 17.3 Å². The number of phenolic OH excluding ortho intramolecular Hbond substituents is 1. The fraction of sp³-hybridized carbons (Fsp3) is 0.552. The lowest BCUT2D eigenvalue weighted by Crippen LogP contribution is -2.65. The Kier molecular flexibility index (Phi) is 7.41. The third-order valence-corrected chi connectivity index (χ3v) is 9.53. The van der Waals surface area contributed by atoms with Gasteiger partial charge in [0.25, 0.3) is 5.91 Å². The first-order valence-corrected chi connectivity index (χ1v) is 13.6. The first-order valence-electron chi connectivity index (χ1n) is 13.2. The van der Waals surface area contributed by atoms with Crippen LogP contribution in [0.15, 0.2) is 23.0 Å². The van der Waals surface area contributed by atoms with E-state index in [1.54, 1.807) is 14.1 Å². The van der Waals surface area contributed by atoms with E-state index in [9.17, 15) is 34.8 Å². The van der Waals surface area contributed by atoms with Crippen LogP contribution < -0.4 is 5.73 Å². The number of carbonyl (C=O) groups is 3. The summed E-state index contributed by atoms with van der Waals surface area (Å²) >= 11 is 6.87. The van der Waals surface area contributed by atoms with Crippen molar-refractivity contribution >= 4 is 34.8 Å². The van der Waals surface area contributed by atoms with Crippen LogP contribution in [0.1, 0.15) is 50.8 Å². The van der Waals surface area contributed by atoms with E-state index >= 15 is 0 Å². The van der Waals surface area contributed by atoms with Gasteiger partial charge in [-0.05, 0) is 69.4 Å². The van der Waals surface area contributed by atoms with Gasteiger partial charge in [0.2, 0.25) is 5.78 Å². The Labute approximate surface area is 238 Å². The minimum atomic E-state index is -2.67. The minimum Gasteiger partial charge on any atom is -0.508 e. The van der Waals surface area contributed by atoms with Crippen LogP contribution in [0.2, 0.25) is 5.02 Å². The highest BCUT2D eigenvalue weighted by Crippen LogP contribution is 2.53. The van der Waals surface area contributed by atoms with Crippen molar-refractivity contribution in [3.05, 3.63) is 44.7 Å². The van der Waals surface area contributed by atoms with E-state index in [1.807, 2.05) is 7.05 Å². The SMILES string of the molecule is C[C@H](N(C)Cc1cc(O)c2c(c1Cl)C[C@H]1C[C@H]3[C@H](N(C)C)C(=O)C(C(N)=O)=C(O)[C@@]3(O)C(=O)C1=C2O)C(C)(C)C. The molecule has 0 aromatic heterocycles. The van der Waals surface area contributed by atoms with Gasteiger partial charge < -0.3 is 26.2 Å². The highest BCUT2D eigenvalue weighted by Gasteiger charge is 2.64. The average molecular weight is 576 g/mol. The summed E-state index contributed by atoms with van der Waals surface area (Å²) < 4.78 is 0. The van der Waals surface area contributed by atoms with Gasteiger partial charge in [0.15, 0.2) is 11.4 Å². The largest absolute Gasteiger partial charge is 0.508 e. The number of aromatic hydroxyl groups is 1. The van der Waals surface area contributed by atoms with Gasteiger partial charge in [0.05, 0.1) is 11.6 Å². The van der Waals surface area contributed by atoms with Crippen molar-refractivity contribution in [1.82, 2.24) is 9.80 Å². The fourth-order valence-corrected chi connectivity index (χ4v) is 6.81. The quantitative estimate of drug-likeness (QED) is 0.332. The molecule has 0 radical (unpaired) electrons. The molecule has 1 saturated carbocycles. The number of nitrogens with two attached hydrogens (primary N) is 1. The van der Waals surface area contributed by atoms with E-state index < -0.39 is 58.0 Å². The van der Waals surface area contributed by atoms with Crippen molar-refractivity contribution in [2.24, 2.45) is 23.0 Å². The predicted octanol–water partition coefficient (Wildman–Crippen LogP) is 2.48. The number of amides is 1. The Morgan fingerprint density at radius 2 is 1.80 bits per heavy atom. The van der Waals surface area contributed by atoms with Gasteiger partial charge in [-0.3, -0.25) is 24.2 Å². The molecule has 10 nitrogen and oxygen atoms in total. The molecule has 1 amide bonds. The van der Waals surface area contributed by atoms with Crippen LogP contribution in [0.4, 0.5) is 0 Å². The van der Waals surface area contributed by atoms with Gasteiger partial charge in [-0.25, -0.2) is 0 Å². The Balaban J connectivity index is 1.86. The number of carbonyl (C=O) groups excluding carboxylic acids is 3. The van der Waals surface area contributed by atoms with E-state index in [0.717, 1.165) is 0 Å². The van der Waals surface area contributed by atoms with E-state index in [2.05, 4.69) is 32.6 Å². The normalized spacial score (nSPS) is 27.6. The van der Waals surface area contributed by atoms with Crippen LogP contribution in [0.3, 0.4) is 0 Å². The predicted molar refractivity (Wildman–Crippen MR) is 150 cm³/mol. The molecule has 0 saturated heterocycles. The fourth-order valence-electron chi connectivity index (χ4n) is 6.53. The highest BCUT2D eigenvalue weighted by atomic mass is 35.5. The van der Waals surface area contributed by atoms with Gasteiger partial charge in [0.1, 0.15) is 22.8 Å². The molecule has 1 aromatic rings. The van der Waals surface area contributed by atoms with Gasteiger partial charge in [-0.1, -0.05) is 32.4 Å². The summed E-state index contributed by atoms with van der Waals surface area (Å²) in [5, 5.41) is 45.3. The summed E-state index contributed by atoms with van der Waals surface area (Å²) in [5.74, 6) is -6.88. The maximum atomic E-state index is 13.9. The van der Waals surface area contributed by atoms with E-state index in [0.29, 0.717) is 22.7 Å². The number of benzene rings is 1. The summed E-state index contributed by atoms with van der Waals surface area (Å²) in [4.78, 5) is 42.8. The maximum absolute atomic E-state index is 13.9. The Bertz CT molecular complexity index is 1380. The first kappa shape index (κ1) is 30.0. The van der Waals surface area contributed by atoms with Gasteiger partial charge in [-0.2, -0.15) is 0 Å². The summed E-state index contributed by atoms with van der Waals surface area (Å²) in [6, 6.07) is 0.493. The molecular weight excluding hydrogens is 538 g/mol. The number of rotatable bonds is 5. The van der Waals surface area contributed by atoms with Crippen LogP contribution in [-0.2, 0) is 27.3 Å². The number of hydrogen-bond acceptors (Lipinski definition) is 9. The lowest BCUT2D eigenvalue weighted by atomic mass is 9.57. The molecule has 5 atom stereocenters. The van der Waals surface area contributed by atoms with Crippen molar-refractivity contribution in [1.29, 1.82) is 0 Å². The van der Waals surface area contributed by atoms with Crippen molar-refractivity contribution in [2.45, 2.75) is 64.8 Å². The zero-order valence-corrected chi connectivity index (χ0v) is 24.6. The monoisotopic (exact) mass is 575 g/mol. The van der Waals surface area contributed by atoms with Gasteiger partial charge in [0, 0.05) is 29.1 Å². The van der Waals surface area contributed by atoms with E-state index in [-0.39, 0.29) is 41.2 Å². The number of halogens is 1. The number of aliphatic hydroxyl groups excluding tert-OH is 2. The molecule has 1 aromatic carbocycles. The molecule has 4 rings (SSSR count). The average Bonchev–Trinajstić information content (AvgIpc) is 2.82. The molecule has 1 fully saturated rings. The summed E-state index contributed by atoms with van der Waals surface area (Å²) in [7, 11) is 5.08. The zero-order valence-electron chi connectivity index (χ0n) is 23.9. The van der Waals surface area contributed by atoms with E-state index in [4.69, 9.17) is 17.3 Å². The Hall–Kier alpha value is -2.92. The molecule has 0 unspecified atom stereocenters. The molecule has 40 heavy (non-hydrogen) atoms. The third-order valence-electron chi connectivity index (χ3n) is 9.06. The molecular formula is C29H38ClN3O7. The summed E-state index contributed by atoms with van der Waals surface area (Å²) in [6.45, 7) is 8.90. The maximum Gasteiger partial charge on any atom is 0.255 e. The number of primary amides is 1. The number of aliphatic hydroxyl groups is 3. The Morgan fingerprint density at radius 1 is 1.20 bits per heavy atom. The van der Waals surface area contributed by atoms with Crippen LogP contribution in [0.25, 0.3) is 5.76 Å². The van der Waals surface area contributed by atoms with Crippen molar-refractivity contribution < 1.29 is 34.8 Å². The number of hydrogen-bond donors (Lipinski definition) is 5. The smallest absolute Gasteiger partial charge is 0.255 e. The minimum absolute atomic E-state index is 0.00798. The van der Waals surface area contributed by atoms with Gasteiger partial charge in [-0.15, -0.1) is 0 Å². The summed E-state index contributed by atoms with van der Waals surface area (Å²) in [6.07, 6.45) is 0.154. The number of nitrogens with zero attached hydrogens (tertiary/aromatic N) is 2. The molecule has 3 aliphatic rings.